The van der Waals surface area contributed by atoms with Gasteiger partial charge in [-0.15, -0.1) is 11.8 Å². The molecule has 0 bridgehead atoms. The van der Waals surface area contributed by atoms with Crippen molar-refractivity contribution in [3.8, 4) is 0 Å². The summed E-state index contributed by atoms with van der Waals surface area (Å²) in [6.45, 7) is 5.13. The molecule has 12 nitrogen and oxygen atoms in total. The Bertz CT molecular complexity index is 1020. The number of esters is 1. The number of hydrogen-bond donors (Lipinski definition) is 4. The minimum Gasteiger partial charge on any atom is -0.461 e. The van der Waals surface area contributed by atoms with Crippen molar-refractivity contribution in [2.45, 2.75) is 39.7 Å². The van der Waals surface area contributed by atoms with Crippen molar-refractivity contribution < 1.29 is 43.4 Å². The number of nitrogens with zero attached hydrogens (tertiary/aromatic N) is 1. The van der Waals surface area contributed by atoms with Crippen molar-refractivity contribution in [2.24, 2.45) is 5.41 Å². The molecule has 13 heteroatoms. The van der Waals surface area contributed by atoms with Crippen LogP contribution in [0.1, 0.15) is 65.0 Å². The van der Waals surface area contributed by atoms with Gasteiger partial charge in [0.05, 0.1) is 11.5 Å². The number of ether oxygens (including phenoxy) is 1. The van der Waals surface area contributed by atoms with Crippen molar-refractivity contribution in [3.05, 3.63) is 28.0 Å². The van der Waals surface area contributed by atoms with Gasteiger partial charge in [0.1, 0.15) is 11.7 Å². The Kier molecular flexibility index (Phi) is 10.2. The molecule has 0 spiro atoms. The third-order valence-electron chi connectivity index (χ3n) is 4.91. The third kappa shape index (κ3) is 7.73. The number of ketones is 2. The van der Waals surface area contributed by atoms with E-state index in [2.05, 4.69) is 15.8 Å². The number of nitrogens with one attached hydrogen (secondary N) is 2. The van der Waals surface area contributed by atoms with Crippen LogP contribution in [0.5, 0.6) is 0 Å². The molecule has 1 aromatic rings. The minimum atomic E-state index is -1.27. The highest BCUT2D eigenvalue weighted by atomic mass is 32.2. The number of thioether (sulfide) groups is 1. The third-order valence-corrected chi connectivity index (χ3v) is 5.93. The van der Waals surface area contributed by atoms with Gasteiger partial charge < -0.3 is 30.1 Å². The fourth-order valence-electron chi connectivity index (χ4n) is 3.02. The quantitative estimate of drug-likeness (QED) is 0.210. The standard InChI is InChI=1S/C22H29N3O9S/c1-4-33-21(32)17-16-18(30)14(9-12(27)19(16)34-25-17)35-8-5-15(29)23-6-7-24-20(31)13(28)10-22(2,3)11-26/h9,13,26,28H,4-8,10-11H2,1-3H3,(H,23,29)(H,24,31)/t13-/m1/s1. The number of aliphatic hydroxyl groups is 2. The Morgan fingerprint density at radius 1 is 1.23 bits per heavy atom. The van der Waals surface area contributed by atoms with Crippen molar-refractivity contribution in [1.29, 1.82) is 0 Å². The number of carbonyl (C=O) groups excluding carboxylic acids is 5. The van der Waals surface area contributed by atoms with E-state index in [0.29, 0.717) is 0 Å². The molecule has 1 aliphatic carbocycles. The van der Waals surface area contributed by atoms with Crippen molar-refractivity contribution in [2.75, 3.05) is 32.1 Å². The van der Waals surface area contributed by atoms with Gasteiger partial charge in [-0.05, 0) is 18.8 Å². The molecule has 0 fully saturated rings. The molecule has 0 aromatic carbocycles. The molecule has 1 aliphatic rings. The zero-order chi connectivity index (χ0) is 26.2. The summed E-state index contributed by atoms with van der Waals surface area (Å²) in [5, 5.41) is 27.7. The maximum Gasteiger partial charge on any atom is 0.361 e. The summed E-state index contributed by atoms with van der Waals surface area (Å²) in [6.07, 6.45) is -0.0881. The first-order chi connectivity index (χ1) is 16.5. The molecule has 0 radical (unpaired) electrons. The zero-order valence-corrected chi connectivity index (χ0v) is 20.5. The Morgan fingerprint density at radius 2 is 1.91 bits per heavy atom. The van der Waals surface area contributed by atoms with E-state index >= 15 is 0 Å². The lowest BCUT2D eigenvalue weighted by molar-refractivity contribution is -0.131. The van der Waals surface area contributed by atoms with Crippen LogP contribution in [-0.2, 0) is 14.3 Å². The van der Waals surface area contributed by atoms with Crippen LogP contribution in [0.3, 0.4) is 0 Å². The van der Waals surface area contributed by atoms with E-state index < -0.39 is 35.0 Å². The number of Topliss-reactive ketones (excluding diaryl/α,β-unsaturated/α-hetero) is 1. The molecule has 2 amide bonds. The van der Waals surface area contributed by atoms with Gasteiger partial charge in [0.25, 0.3) is 0 Å². The lowest BCUT2D eigenvalue weighted by atomic mass is 9.87. The molecular weight excluding hydrogens is 482 g/mol. The highest BCUT2D eigenvalue weighted by Crippen LogP contribution is 2.31. The largest absolute Gasteiger partial charge is 0.461 e. The lowest BCUT2D eigenvalue weighted by Gasteiger charge is -2.24. The SMILES string of the molecule is CCOC(=O)c1noc2c1C(=O)C(SCCC(=O)NCCNC(=O)[C@H](O)CC(C)(C)CO)=CC2=O. The molecule has 4 N–H and O–H groups in total. The van der Waals surface area contributed by atoms with Gasteiger partial charge in [-0.2, -0.15) is 0 Å². The summed E-state index contributed by atoms with van der Waals surface area (Å²) in [4.78, 5) is 60.9. The summed E-state index contributed by atoms with van der Waals surface area (Å²) >= 11 is 0.979. The number of aromatic nitrogens is 1. The van der Waals surface area contributed by atoms with E-state index in [9.17, 15) is 34.2 Å². The fourth-order valence-corrected chi connectivity index (χ4v) is 3.95. The zero-order valence-electron chi connectivity index (χ0n) is 19.7. The van der Waals surface area contributed by atoms with E-state index in [-0.39, 0.29) is 72.7 Å². The Hall–Kier alpha value is -3.03. The molecule has 1 heterocycles. The first kappa shape index (κ1) is 28.2. The second kappa shape index (κ2) is 12.6. The highest BCUT2D eigenvalue weighted by Gasteiger charge is 2.36. The molecule has 0 aliphatic heterocycles. The number of allylic oxidation sites excluding steroid dienone is 2. The van der Waals surface area contributed by atoms with Gasteiger partial charge in [0, 0.05) is 37.9 Å². The van der Waals surface area contributed by atoms with Crippen LogP contribution in [0, 0.1) is 5.41 Å². The van der Waals surface area contributed by atoms with Crippen LogP contribution in [0.15, 0.2) is 15.5 Å². The summed E-state index contributed by atoms with van der Waals surface area (Å²) in [5.41, 5.74) is -1.21. The maximum atomic E-state index is 12.7. The normalized spacial score (nSPS) is 14.1. The summed E-state index contributed by atoms with van der Waals surface area (Å²) < 4.78 is 9.68. The number of rotatable bonds is 13. The predicted molar refractivity (Wildman–Crippen MR) is 124 cm³/mol. The molecule has 1 atom stereocenters. The van der Waals surface area contributed by atoms with Crippen LogP contribution >= 0.6 is 11.8 Å². The number of carbonyl (C=O) groups is 5. The van der Waals surface area contributed by atoms with Crippen LogP contribution in [0.2, 0.25) is 0 Å². The van der Waals surface area contributed by atoms with Crippen LogP contribution in [0.25, 0.3) is 0 Å². The smallest absolute Gasteiger partial charge is 0.361 e. The first-order valence-corrected chi connectivity index (χ1v) is 11.9. The maximum absolute atomic E-state index is 12.7. The second-order valence-corrected chi connectivity index (χ2v) is 9.58. The van der Waals surface area contributed by atoms with Gasteiger partial charge in [-0.3, -0.25) is 19.2 Å². The van der Waals surface area contributed by atoms with Crippen LogP contribution < -0.4 is 10.6 Å². The van der Waals surface area contributed by atoms with Crippen LogP contribution in [-0.4, -0.2) is 82.9 Å². The number of aliphatic hydroxyl groups excluding tert-OH is 2. The summed E-state index contributed by atoms with van der Waals surface area (Å²) in [6, 6.07) is 0. The number of fused-ring (bicyclic) bond motifs is 1. The molecule has 2 rings (SSSR count). The minimum absolute atomic E-state index is 0.0198. The second-order valence-electron chi connectivity index (χ2n) is 8.44. The molecule has 0 unspecified atom stereocenters. The van der Waals surface area contributed by atoms with E-state index in [0.717, 1.165) is 17.8 Å². The number of hydrogen-bond acceptors (Lipinski definition) is 11. The average molecular weight is 512 g/mol. The molecule has 1 aromatic heterocycles. The van der Waals surface area contributed by atoms with Crippen molar-refractivity contribution in [3.63, 3.8) is 0 Å². The van der Waals surface area contributed by atoms with Gasteiger partial charge >= 0.3 is 5.97 Å². The van der Waals surface area contributed by atoms with E-state index in [4.69, 9.17) is 9.26 Å². The van der Waals surface area contributed by atoms with Gasteiger partial charge in [-0.1, -0.05) is 19.0 Å². The Morgan fingerprint density at radius 3 is 2.57 bits per heavy atom. The fraction of sp³-hybridized carbons (Fsp3) is 0.545. The van der Waals surface area contributed by atoms with E-state index in [1.807, 2.05) is 0 Å². The Balaban J connectivity index is 1.76. The van der Waals surface area contributed by atoms with Gasteiger partial charge in [0.2, 0.25) is 34.8 Å². The molecule has 192 valence electrons. The molecule has 35 heavy (non-hydrogen) atoms. The Labute approximate surface area is 205 Å². The lowest BCUT2D eigenvalue weighted by Crippen LogP contribution is -2.41. The molecule has 0 saturated carbocycles. The average Bonchev–Trinajstić information content (AvgIpc) is 3.26. The number of amides is 2. The highest BCUT2D eigenvalue weighted by molar-refractivity contribution is 8.04. The molecular formula is C22H29N3O9S. The van der Waals surface area contributed by atoms with Crippen molar-refractivity contribution in [1.82, 2.24) is 15.8 Å². The van der Waals surface area contributed by atoms with Crippen molar-refractivity contribution >= 4 is 41.1 Å². The predicted octanol–water partition coefficient (Wildman–Crippen LogP) is 0.239. The topological polar surface area (TPSA) is 185 Å². The summed E-state index contributed by atoms with van der Waals surface area (Å²) in [5.74, 6) is -3.20. The monoisotopic (exact) mass is 511 g/mol. The van der Waals surface area contributed by atoms with Gasteiger partial charge in [0.15, 0.2) is 0 Å². The molecule has 0 saturated heterocycles. The first-order valence-electron chi connectivity index (χ1n) is 10.9. The van der Waals surface area contributed by atoms with Crippen LogP contribution in [0.4, 0.5) is 0 Å². The van der Waals surface area contributed by atoms with Gasteiger partial charge in [-0.25, -0.2) is 4.79 Å². The van der Waals surface area contributed by atoms with E-state index in [1.54, 1.807) is 20.8 Å². The van der Waals surface area contributed by atoms with E-state index in [1.165, 1.54) is 0 Å². The summed E-state index contributed by atoms with van der Waals surface area (Å²) in [7, 11) is 0.